The number of carbonyl (C=O) groups is 2. The first-order valence-corrected chi connectivity index (χ1v) is 11.5. The van der Waals surface area contributed by atoms with Gasteiger partial charge in [0.1, 0.15) is 0 Å². The second-order valence-electron chi connectivity index (χ2n) is 7.73. The van der Waals surface area contributed by atoms with Crippen LogP contribution in [0.2, 0.25) is 0 Å². The van der Waals surface area contributed by atoms with Gasteiger partial charge in [0.15, 0.2) is 12.4 Å². The van der Waals surface area contributed by atoms with Gasteiger partial charge in [-0.2, -0.15) is 0 Å². The molecule has 0 amide bonds. The molecule has 1 aliphatic rings. The lowest BCUT2D eigenvalue weighted by molar-refractivity contribution is 0.0475. The molecule has 2 aromatic heterocycles. The molecule has 4 nitrogen and oxygen atoms in total. The third-order valence-electron chi connectivity index (χ3n) is 5.66. The van der Waals surface area contributed by atoms with E-state index in [9.17, 15) is 9.59 Å². The normalized spacial score (nSPS) is 14.3. The Balaban J connectivity index is 1.54. The van der Waals surface area contributed by atoms with Gasteiger partial charge in [-0.3, -0.25) is 4.79 Å². The molecule has 1 aliphatic carbocycles. The topological polar surface area (TPSA) is 56.3 Å². The quantitative estimate of drug-likeness (QED) is 0.274. The van der Waals surface area contributed by atoms with E-state index in [1.807, 2.05) is 36.4 Å². The van der Waals surface area contributed by atoms with Crippen molar-refractivity contribution < 1.29 is 14.3 Å². The average Bonchev–Trinajstić information content (AvgIpc) is 3.35. The fourth-order valence-electron chi connectivity index (χ4n) is 4.16. The number of ether oxygens (including phenoxy) is 1. The maximum Gasteiger partial charge on any atom is 0.339 e. The molecule has 0 fully saturated rings. The van der Waals surface area contributed by atoms with Gasteiger partial charge in [0.25, 0.3) is 0 Å². The Bertz CT molecular complexity index is 1320. The Labute approximate surface area is 190 Å². The monoisotopic (exact) mass is 439 g/mol. The molecule has 5 heteroatoms. The number of thiophene rings is 1. The molecule has 158 valence electrons. The van der Waals surface area contributed by atoms with Crippen LogP contribution in [0.3, 0.4) is 0 Å². The molecule has 0 aliphatic heterocycles. The van der Waals surface area contributed by atoms with Crippen LogP contribution in [0.4, 0.5) is 0 Å². The predicted molar refractivity (Wildman–Crippen MR) is 128 cm³/mol. The number of esters is 1. The van der Waals surface area contributed by atoms with E-state index >= 15 is 0 Å². The van der Waals surface area contributed by atoms with Crippen LogP contribution >= 0.6 is 11.3 Å². The van der Waals surface area contributed by atoms with E-state index < -0.39 is 5.97 Å². The predicted octanol–water partition coefficient (Wildman–Crippen LogP) is 6.21. The molecule has 0 spiro atoms. The van der Waals surface area contributed by atoms with Crippen LogP contribution in [0, 0.1) is 0 Å². The molecule has 0 radical (unpaired) electrons. The molecule has 0 saturated heterocycles. The number of hydrogen-bond donors (Lipinski definition) is 0. The Morgan fingerprint density at radius 2 is 1.78 bits per heavy atom. The molecule has 32 heavy (non-hydrogen) atoms. The largest absolute Gasteiger partial charge is 0.454 e. The van der Waals surface area contributed by atoms with Crippen LogP contribution in [0.5, 0.6) is 0 Å². The van der Waals surface area contributed by atoms with Gasteiger partial charge in [-0.05, 0) is 54.0 Å². The van der Waals surface area contributed by atoms with E-state index in [1.54, 1.807) is 35.6 Å². The highest BCUT2D eigenvalue weighted by molar-refractivity contribution is 7.10. The Hall–Kier alpha value is -3.57. The van der Waals surface area contributed by atoms with Crippen molar-refractivity contribution in [2.24, 2.45) is 0 Å². The van der Waals surface area contributed by atoms with Crippen LogP contribution in [-0.2, 0) is 11.2 Å². The summed E-state index contributed by atoms with van der Waals surface area (Å²) in [5.74, 6) is -0.689. The van der Waals surface area contributed by atoms with Gasteiger partial charge in [0.2, 0.25) is 0 Å². The van der Waals surface area contributed by atoms with Crippen molar-refractivity contribution in [2.45, 2.75) is 19.3 Å². The van der Waals surface area contributed by atoms with Crippen molar-refractivity contribution in [2.75, 3.05) is 6.61 Å². The minimum Gasteiger partial charge on any atom is -0.454 e. The first-order chi connectivity index (χ1) is 15.7. The molecule has 2 aromatic carbocycles. The summed E-state index contributed by atoms with van der Waals surface area (Å²) in [6.45, 7) is -0.286. The zero-order valence-electron chi connectivity index (χ0n) is 17.4. The fourth-order valence-corrected chi connectivity index (χ4v) is 4.85. The average molecular weight is 440 g/mol. The lowest BCUT2D eigenvalue weighted by Crippen LogP contribution is -2.18. The highest BCUT2D eigenvalue weighted by Crippen LogP contribution is 2.36. The van der Waals surface area contributed by atoms with E-state index in [-0.39, 0.29) is 12.4 Å². The lowest BCUT2D eigenvalue weighted by atomic mass is 9.86. The zero-order valence-corrected chi connectivity index (χ0v) is 18.2. The van der Waals surface area contributed by atoms with Gasteiger partial charge in [-0.1, -0.05) is 54.6 Å². The number of pyridine rings is 1. The number of allylic oxidation sites excluding steroid dienone is 1. The molecular formula is C27H21NO3S. The molecule has 0 unspecified atom stereocenters. The first kappa shape index (κ1) is 20.3. The summed E-state index contributed by atoms with van der Waals surface area (Å²) in [4.78, 5) is 31.8. The molecule has 0 saturated carbocycles. The van der Waals surface area contributed by atoms with Gasteiger partial charge in [0.05, 0.1) is 16.8 Å². The minimum absolute atomic E-state index is 0.218. The Morgan fingerprint density at radius 3 is 2.59 bits per heavy atom. The Morgan fingerprint density at radius 1 is 0.969 bits per heavy atom. The van der Waals surface area contributed by atoms with Gasteiger partial charge in [-0.15, -0.1) is 11.3 Å². The molecule has 5 rings (SSSR count). The van der Waals surface area contributed by atoms with Gasteiger partial charge in [0, 0.05) is 15.8 Å². The van der Waals surface area contributed by atoms with Crippen LogP contribution < -0.4 is 0 Å². The van der Waals surface area contributed by atoms with E-state index in [4.69, 9.17) is 9.72 Å². The van der Waals surface area contributed by atoms with Crippen molar-refractivity contribution >= 4 is 45.6 Å². The molecule has 0 N–H and O–H groups in total. The van der Waals surface area contributed by atoms with E-state index in [2.05, 4.69) is 17.5 Å². The van der Waals surface area contributed by atoms with Crippen molar-refractivity contribution in [1.82, 2.24) is 4.98 Å². The summed E-state index contributed by atoms with van der Waals surface area (Å²) in [5, 5.41) is 2.82. The lowest BCUT2D eigenvalue weighted by Gasteiger charge is -2.22. The molecule has 0 bridgehead atoms. The van der Waals surface area contributed by atoms with Crippen molar-refractivity contribution in [1.29, 1.82) is 0 Å². The number of Topliss-reactive ketones (excluding diaryl/α,β-unsaturated/α-hetero) is 1. The maximum absolute atomic E-state index is 13.3. The number of carbonyl (C=O) groups excluding carboxylic acids is 2. The zero-order chi connectivity index (χ0) is 21.9. The van der Waals surface area contributed by atoms with Gasteiger partial charge >= 0.3 is 5.97 Å². The smallest absolute Gasteiger partial charge is 0.339 e. The van der Waals surface area contributed by atoms with Crippen molar-refractivity contribution in [3.05, 3.63) is 99.4 Å². The number of ketones is 1. The number of fused-ring (bicyclic) bond motifs is 2. The Kier molecular flexibility index (Phi) is 5.65. The number of benzene rings is 2. The van der Waals surface area contributed by atoms with Crippen molar-refractivity contribution in [3.63, 3.8) is 0 Å². The summed E-state index contributed by atoms with van der Waals surface area (Å²) in [6.07, 6.45) is 4.77. The number of hydrogen-bond acceptors (Lipinski definition) is 5. The molecular weight excluding hydrogens is 418 g/mol. The van der Waals surface area contributed by atoms with Gasteiger partial charge in [-0.25, -0.2) is 9.78 Å². The number of rotatable bonds is 5. The van der Waals surface area contributed by atoms with Crippen molar-refractivity contribution in [3.8, 4) is 0 Å². The molecule has 4 aromatic rings. The van der Waals surface area contributed by atoms with Crippen LogP contribution in [0.15, 0.2) is 72.1 Å². The summed E-state index contributed by atoms with van der Waals surface area (Å²) < 4.78 is 5.53. The summed E-state index contributed by atoms with van der Waals surface area (Å²) in [5.41, 5.74) is 4.73. The highest BCUT2D eigenvalue weighted by Gasteiger charge is 2.26. The van der Waals surface area contributed by atoms with E-state index in [1.165, 1.54) is 4.88 Å². The summed E-state index contributed by atoms with van der Waals surface area (Å²) >= 11 is 1.68. The summed E-state index contributed by atoms with van der Waals surface area (Å²) in [7, 11) is 0. The standard InChI is InChI=1S/C27H21NO3S/c29-24(18-8-2-1-3-9-18)17-31-27(30)25-21-12-4-5-14-23(21)28-26-19(10-6-13-22(25)26)16-20-11-7-15-32-20/h1-5,7-9,11-12,14-16H,6,10,13,17H2/b19-16-. The van der Waals surface area contributed by atoms with E-state index in [0.29, 0.717) is 11.1 Å². The maximum atomic E-state index is 13.3. The van der Waals surface area contributed by atoms with E-state index in [0.717, 1.165) is 47.0 Å². The third kappa shape index (κ3) is 3.99. The second kappa shape index (κ2) is 8.89. The van der Waals surface area contributed by atoms with Gasteiger partial charge < -0.3 is 4.74 Å². The van der Waals surface area contributed by atoms with Crippen LogP contribution in [-0.4, -0.2) is 23.3 Å². The minimum atomic E-state index is -0.471. The summed E-state index contributed by atoms with van der Waals surface area (Å²) in [6, 6.07) is 20.6. The van der Waals surface area contributed by atoms with Crippen LogP contribution in [0.25, 0.3) is 22.6 Å². The fraction of sp³-hybridized carbons (Fsp3) is 0.148. The highest BCUT2D eigenvalue weighted by atomic mass is 32.1. The second-order valence-corrected chi connectivity index (χ2v) is 8.71. The SMILES string of the molecule is O=C(COC(=O)c1c2c(nc3ccccc13)/C(=C\c1cccs1)CCC2)c1ccccc1. The molecule has 0 atom stereocenters. The first-order valence-electron chi connectivity index (χ1n) is 10.6. The number of aromatic nitrogens is 1. The molecule has 2 heterocycles. The number of para-hydroxylation sites is 1. The van der Waals surface area contributed by atoms with Crippen LogP contribution in [0.1, 0.15) is 49.7 Å². The third-order valence-corrected chi connectivity index (χ3v) is 6.48. The number of nitrogens with zero attached hydrogens (tertiary/aromatic N) is 1.